The second-order valence-corrected chi connectivity index (χ2v) is 7.28. The van der Waals surface area contributed by atoms with Crippen LogP contribution in [0, 0.1) is 11.7 Å². The molecule has 4 heteroatoms. The number of aromatic nitrogens is 1. The Morgan fingerprint density at radius 3 is 2.65 bits per heavy atom. The van der Waals surface area contributed by atoms with Gasteiger partial charge in [-0.05, 0) is 41.5 Å². The zero-order valence-electron chi connectivity index (χ0n) is 14.9. The van der Waals surface area contributed by atoms with Gasteiger partial charge in [-0.2, -0.15) is 0 Å². The fourth-order valence-corrected chi connectivity index (χ4v) is 3.43. The molecule has 1 aromatic heterocycles. The number of rotatable bonds is 4. The van der Waals surface area contributed by atoms with Crippen LogP contribution in [0.1, 0.15) is 43.2 Å². The molecule has 1 amide bonds. The van der Waals surface area contributed by atoms with Gasteiger partial charge in [0, 0.05) is 29.1 Å². The number of nitrogens with one attached hydrogen (secondary N) is 1. The van der Waals surface area contributed by atoms with Gasteiger partial charge in [0.15, 0.2) is 5.82 Å². The lowest BCUT2D eigenvalue weighted by Crippen LogP contribution is -2.15. The molecule has 1 heterocycles. The summed E-state index contributed by atoms with van der Waals surface area (Å²) < 4.78 is 14.6. The highest BCUT2D eigenvalue weighted by molar-refractivity contribution is 5.97. The maximum absolute atomic E-state index is 14.6. The van der Waals surface area contributed by atoms with Crippen LogP contribution in [0.5, 0.6) is 0 Å². The SMILES string of the molecule is CC(C)c1ccc([C@@H]2C[C@H]2C(=O)Nc2ccc3cnccc3c2F)cc1. The molecule has 0 aliphatic heterocycles. The summed E-state index contributed by atoms with van der Waals surface area (Å²) in [6, 6.07) is 13.5. The van der Waals surface area contributed by atoms with Crippen molar-refractivity contribution in [2.75, 3.05) is 5.32 Å². The molecule has 1 aliphatic rings. The van der Waals surface area contributed by atoms with Crippen LogP contribution in [-0.4, -0.2) is 10.9 Å². The molecule has 2 atom stereocenters. The molecule has 0 bridgehead atoms. The Kier molecular flexibility index (Phi) is 4.19. The zero-order valence-corrected chi connectivity index (χ0v) is 14.9. The summed E-state index contributed by atoms with van der Waals surface area (Å²) in [5.41, 5.74) is 2.71. The highest BCUT2D eigenvalue weighted by Crippen LogP contribution is 2.48. The Balaban J connectivity index is 1.47. The van der Waals surface area contributed by atoms with Crippen LogP contribution in [0.15, 0.2) is 54.9 Å². The number of nitrogens with zero attached hydrogens (tertiary/aromatic N) is 1. The number of fused-ring (bicyclic) bond motifs is 1. The Morgan fingerprint density at radius 2 is 1.92 bits per heavy atom. The van der Waals surface area contributed by atoms with Gasteiger partial charge in [0.25, 0.3) is 0 Å². The van der Waals surface area contributed by atoms with E-state index < -0.39 is 5.82 Å². The fraction of sp³-hybridized carbons (Fsp3) is 0.273. The second-order valence-electron chi connectivity index (χ2n) is 7.28. The first-order valence-electron chi connectivity index (χ1n) is 8.97. The van der Waals surface area contributed by atoms with E-state index in [0.717, 1.165) is 11.8 Å². The van der Waals surface area contributed by atoms with Gasteiger partial charge < -0.3 is 5.32 Å². The quantitative estimate of drug-likeness (QED) is 0.700. The van der Waals surface area contributed by atoms with Crippen molar-refractivity contribution < 1.29 is 9.18 Å². The number of hydrogen-bond acceptors (Lipinski definition) is 2. The van der Waals surface area contributed by atoms with Crippen LogP contribution < -0.4 is 5.32 Å². The number of halogens is 1. The van der Waals surface area contributed by atoms with Crippen molar-refractivity contribution in [1.82, 2.24) is 4.98 Å². The zero-order chi connectivity index (χ0) is 18.3. The molecule has 3 aromatic rings. The van der Waals surface area contributed by atoms with E-state index >= 15 is 0 Å². The molecule has 3 nitrogen and oxygen atoms in total. The summed E-state index contributed by atoms with van der Waals surface area (Å²) in [6.07, 6.45) is 3.97. The van der Waals surface area contributed by atoms with Gasteiger partial charge in [-0.1, -0.05) is 44.2 Å². The first-order chi connectivity index (χ1) is 12.5. The third-order valence-corrected chi connectivity index (χ3v) is 5.17. The highest BCUT2D eigenvalue weighted by Gasteiger charge is 2.44. The average molecular weight is 348 g/mol. The molecule has 26 heavy (non-hydrogen) atoms. The molecule has 1 aliphatic carbocycles. The van der Waals surface area contributed by atoms with E-state index in [9.17, 15) is 9.18 Å². The first-order valence-corrected chi connectivity index (χ1v) is 8.97. The molecular weight excluding hydrogens is 327 g/mol. The van der Waals surface area contributed by atoms with Crippen LogP contribution >= 0.6 is 0 Å². The molecule has 0 unspecified atom stereocenters. The third kappa shape index (κ3) is 3.07. The molecule has 1 N–H and O–H groups in total. The third-order valence-electron chi connectivity index (χ3n) is 5.17. The van der Waals surface area contributed by atoms with Crippen molar-refractivity contribution in [2.24, 2.45) is 5.92 Å². The van der Waals surface area contributed by atoms with E-state index in [4.69, 9.17) is 0 Å². The molecule has 0 radical (unpaired) electrons. The molecule has 132 valence electrons. The molecule has 4 rings (SSSR count). The number of hydrogen-bond donors (Lipinski definition) is 1. The van der Waals surface area contributed by atoms with Gasteiger partial charge in [-0.3, -0.25) is 9.78 Å². The van der Waals surface area contributed by atoms with Gasteiger partial charge in [0.2, 0.25) is 5.91 Å². The number of amides is 1. The number of pyridine rings is 1. The normalized spacial score (nSPS) is 18.9. The van der Waals surface area contributed by atoms with Crippen molar-refractivity contribution in [3.8, 4) is 0 Å². The number of anilines is 1. The minimum absolute atomic E-state index is 0.0903. The Bertz CT molecular complexity index is 966. The smallest absolute Gasteiger partial charge is 0.228 e. The second kappa shape index (κ2) is 6.52. The standard InChI is InChI=1S/C22H21FN2O/c1-13(2)14-3-5-15(6-4-14)18-11-19(18)22(26)25-20-8-7-16-12-24-10-9-17(16)21(20)23/h3-10,12-13,18-19H,11H2,1-2H3,(H,25,26)/t18-,19+/m0/s1. The molecule has 0 spiro atoms. The lowest BCUT2D eigenvalue weighted by atomic mass is 10.00. The van der Waals surface area contributed by atoms with Gasteiger partial charge in [-0.25, -0.2) is 4.39 Å². The summed E-state index contributed by atoms with van der Waals surface area (Å²) in [4.78, 5) is 16.5. The van der Waals surface area contributed by atoms with Crippen molar-refractivity contribution >= 4 is 22.4 Å². The fourth-order valence-electron chi connectivity index (χ4n) is 3.43. The molecule has 2 aromatic carbocycles. The van der Waals surface area contributed by atoms with Crippen molar-refractivity contribution in [2.45, 2.75) is 32.1 Å². The van der Waals surface area contributed by atoms with Crippen LogP contribution in [0.4, 0.5) is 10.1 Å². The maximum Gasteiger partial charge on any atom is 0.228 e. The summed E-state index contributed by atoms with van der Waals surface area (Å²) in [5, 5.41) is 3.95. The highest BCUT2D eigenvalue weighted by atomic mass is 19.1. The first kappa shape index (κ1) is 16.7. The van der Waals surface area contributed by atoms with E-state index in [1.165, 1.54) is 11.1 Å². The van der Waals surface area contributed by atoms with E-state index in [-0.39, 0.29) is 23.4 Å². The van der Waals surface area contributed by atoms with E-state index in [1.54, 1.807) is 30.6 Å². The maximum atomic E-state index is 14.6. The van der Waals surface area contributed by atoms with Crippen molar-refractivity contribution in [1.29, 1.82) is 0 Å². The topological polar surface area (TPSA) is 42.0 Å². The van der Waals surface area contributed by atoms with Crippen molar-refractivity contribution in [3.05, 3.63) is 71.8 Å². The van der Waals surface area contributed by atoms with Crippen LogP contribution in [0.25, 0.3) is 10.8 Å². The van der Waals surface area contributed by atoms with Gasteiger partial charge in [0.1, 0.15) is 0 Å². The molecule has 0 saturated heterocycles. The molecular formula is C22H21FN2O. The predicted octanol–water partition coefficient (Wildman–Crippen LogP) is 5.24. The average Bonchev–Trinajstić information content (AvgIpc) is 3.45. The monoisotopic (exact) mass is 348 g/mol. The Morgan fingerprint density at radius 1 is 1.15 bits per heavy atom. The summed E-state index contributed by atoms with van der Waals surface area (Å²) in [5.74, 6) is 0.108. The molecule has 1 saturated carbocycles. The number of carbonyl (C=O) groups is 1. The minimum Gasteiger partial charge on any atom is -0.323 e. The molecule has 1 fully saturated rings. The summed E-state index contributed by atoms with van der Waals surface area (Å²) >= 11 is 0. The number of benzene rings is 2. The van der Waals surface area contributed by atoms with Gasteiger partial charge in [0.05, 0.1) is 5.69 Å². The summed E-state index contributed by atoms with van der Waals surface area (Å²) in [6.45, 7) is 4.33. The predicted molar refractivity (Wildman–Crippen MR) is 102 cm³/mol. The Hall–Kier alpha value is -2.75. The lowest BCUT2D eigenvalue weighted by molar-refractivity contribution is -0.117. The minimum atomic E-state index is -0.406. The van der Waals surface area contributed by atoms with E-state index in [1.807, 2.05) is 0 Å². The van der Waals surface area contributed by atoms with Gasteiger partial charge >= 0.3 is 0 Å². The van der Waals surface area contributed by atoms with Crippen LogP contribution in [0.3, 0.4) is 0 Å². The van der Waals surface area contributed by atoms with Crippen LogP contribution in [-0.2, 0) is 4.79 Å². The Labute approximate surface area is 152 Å². The number of carbonyl (C=O) groups excluding carboxylic acids is 1. The van der Waals surface area contributed by atoms with Crippen LogP contribution in [0.2, 0.25) is 0 Å². The van der Waals surface area contributed by atoms with Crippen molar-refractivity contribution in [3.63, 3.8) is 0 Å². The van der Waals surface area contributed by atoms with Gasteiger partial charge in [-0.15, -0.1) is 0 Å². The largest absolute Gasteiger partial charge is 0.323 e. The lowest BCUT2D eigenvalue weighted by Gasteiger charge is -2.09. The summed E-state index contributed by atoms with van der Waals surface area (Å²) in [7, 11) is 0. The van der Waals surface area contributed by atoms with E-state index in [0.29, 0.717) is 11.3 Å². The van der Waals surface area contributed by atoms with E-state index in [2.05, 4.69) is 48.4 Å².